The fourth-order valence-electron chi connectivity index (χ4n) is 2.71. The molecule has 0 bridgehead atoms. The van der Waals surface area contributed by atoms with Crippen LogP contribution in [-0.4, -0.2) is 24.4 Å². The maximum atomic E-state index is 11.8. The molecule has 2 aliphatic carbocycles. The van der Waals surface area contributed by atoms with E-state index in [0.29, 0.717) is 23.7 Å². The van der Waals surface area contributed by atoms with Gasteiger partial charge in [0.05, 0.1) is 0 Å². The molecule has 2 nitrogen and oxygen atoms in total. The number of carbonyl (C=O) groups is 1. The second-order valence-corrected chi connectivity index (χ2v) is 6.00. The van der Waals surface area contributed by atoms with Crippen LogP contribution < -0.4 is 0 Å². The third-order valence-electron chi connectivity index (χ3n) is 4.16. The highest BCUT2D eigenvalue weighted by atomic mass is 16.2. The van der Waals surface area contributed by atoms with Gasteiger partial charge in [-0.05, 0) is 44.4 Å². The first-order valence-corrected chi connectivity index (χ1v) is 7.17. The summed E-state index contributed by atoms with van der Waals surface area (Å²) in [6.45, 7) is 5.27. The first-order chi connectivity index (χ1) is 8.58. The van der Waals surface area contributed by atoms with Crippen molar-refractivity contribution >= 4 is 5.91 Å². The summed E-state index contributed by atoms with van der Waals surface area (Å²) >= 11 is 0. The van der Waals surface area contributed by atoms with Crippen molar-refractivity contribution in [1.82, 2.24) is 4.90 Å². The summed E-state index contributed by atoms with van der Waals surface area (Å²) in [4.78, 5) is 13.6. The molecule has 1 amide bonds. The topological polar surface area (TPSA) is 20.3 Å². The summed E-state index contributed by atoms with van der Waals surface area (Å²) in [5.41, 5.74) is 1.52. The van der Waals surface area contributed by atoms with Crippen molar-refractivity contribution < 1.29 is 4.79 Å². The van der Waals surface area contributed by atoms with Crippen LogP contribution in [0.3, 0.4) is 0 Å². The van der Waals surface area contributed by atoms with E-state index in [4.69, 9.17) is 0 Å². The molecule has 2 unspecified atom stereocenters. The average Bonchev–Trinajstić information content (AvgIpc) is 3.15. The maximum absolute atomic E-state index is 11.8. The third-order valence-corrected chi connectivity index (χ3v) is 4.16. The van der Waals surface area contributed by atoms with Gasteiger partial charge in [0.2, 0.25) is 5.91 Å². The first kappa shape index (κ1) is 13.4. The molecule has 18 heavy (non-hydrogen) atoms. The van der Waals surface area contributed by atoms with E-state index in [2.05, 4.69) is 32.1 Å². The quantitative estimate of drug-likeness (QED) is 0.697. The van der Waals surface area contributed by atoms with Gasteiger partial charge in [-0.2, -0.15) is 0 Å². The molecule has 2 aliphatic rings. The van der Waals surface area contributed by atoms with Crippen LogP contribution in [0.2, 0.25) is 0 Å². The van der Waals surface area contributed by atoms with Gasteiger partial charge in [-0.3, -0.25) is 4.79 Å². The minimum absolute atomic E-state index is 0.326. The summed E-state index contributed by atoms with van der Waals surface area (Å²) in [6.07, 6.45) is 11.5. The molecular formula is C16H25NO. The molecule has 0 spiro atoms. The van der Waals surface area contributed by atoms with Gasteiger partial charge >= 0.3 is 0 Å². The van der Waals surface area contributed by atoms with Crippen molar-refractivity contribution in [2.45, 2.75) is 39.5 Å². The Kier molecular flexibility index (Phi) is 4.26. The maximum Gasteiger partial charge on any atom is 0.225 e. The number of hydrogen-bond donors (Lipinski definition) is 0. The van der Waals surface area contributed by atoms with Gasteiger partial charge in [0.25, 0.3) is 0 Å². The molecule has 0 aromatic rings. The molecule has 0 aliphatic heterocycles. The SMILES string of the molecule is CC1=CC(C)C(/C=C/CN(C)C(=O)C2CC2)CC1. The number of rotatable bonds is 4. The highest BCUT2D eigenvalue weighted by molar-refractivity contribution is 5.80. The Morgan fingerprint density at radius 3 is 2.78 bits per heavy atom. The third kappa shape index (κ3) is 3.47. The lowest BCUT2D eigenvalue weighted by atomic mass is 9.82. The summed E-state index contributed by atoms with van der Waals surface area (Å²) in [7, 11) is 1.92. The Balaban J connectivity index is 1.78. The molecule has 2 heteroatoms. The molecule has 1 saturated carbocycles. The molecule has 0 radical (unpaired) electrons. The molecule has 2 rings (SSSR count). The van der Waals surface area contributed by atoms with E-state index in [0.717, 1.165) is 19.4 Å². The number of allylic oxidation sites excluding steroid dienone is 3. The summed E-state index contributed by atoms with van der Waals surface area (Å²) < 4.78 is 0. The molecule has 0 aromatic heterocycles. The van der Waals surface area contributed by atoms with Crippen molar-refractivity contribution in [3.63, 3.8) is 0 Å². The number of hydrogen-bond acceptors (Lipinski definition) is 1. The summed E-state index contributed by atoms with van der Waals surface area (Å²) in [6, 6.07) is 0. The Labute approximate surface area is 111 Å². The van der Waals surface area contributed by atoms with Gasteiger partial charge in [0.1, 0.15) is 0 Å². The van der Waals surface area contributed by atoms with E-state index in [1.165, 1.54) is 18.4 Å². The Bertz CT molecular complexity index is 365. The van der Waals surface area contributed by atoms with Crippen LogP contribution in [0.5, 0.6) is 0 Å². The van der Waals surface area contributed by atoms with Gasteiger partial charge in [-0.15, -0.1) is 0 Å². The van der Waals surface area contributed by atoms with Gasteiger partial charge in [0.15, 0.2) is 0 Å². The minimum Gasteiger partial charge on any atom is -0.342 e. The van der Waals surface area contributed by atoms with Crippen LogP contribution in [0.4, 0.5) is 0 Å². The van der Waals surface area contributed by atoms with E-state index in [9.17, 15) is 4.79 Å². The average molecular weight is 247 g/mol. The first-order valence-electron chi connectivity index (χ1n) is 7.17. The van der Waals surface area contributed by atoms with Crippen molar-refractivity contribution in [3.05, 3.63) is 23.8 Å². The molecule has 0 N–H and O–H groups in total. The van der Waals surface area contributed by atoms with Crippen LogP contribution in [0.15, 0.2) is 23.8 Å². The van der Waals surface area contributed by atoms with Crippen molar-refractivity contribution in [2.24, 2.45) is 17.8 Å². The number of likely N-dealkylation sites (N-methyl/N-ethyl adjacent to an activating group) is 1. The number of nitrogens with zero attached hydrogens (tertiary/aromatic N) is 1. The van der Waals surface area contributed by atoms with E-state index >= 15 is 0 Å². The molecule has 1 fully saturated rings. The van der Waals surface area contributed by atoms with Crippen LogP contribution in [0.25, 0.3) is 0 Å². The molecular weight excluding hydrogens is 222 g/mol. The van der Waals surface area contributed by atoms with Crippen LogP contribution in [-0.2, 0) is 4.79 Å². The molecule has 2 atom stereocenters. The summed E-state index contributed by atoms with van der Waals surface area (Å²) in [5, 5.41) is 0. The highest BCUT2D eigenvalue weighted by Crippen LogP contribution is 2.31. The zero-order valence-electron chi connectivity index (χ0n) is 11.9. The van der Waals surface area contributed by atoms with E-state index in [1.54, 1.807) is 0 Å². The smallest absolute Gasteiger partial charge is 0.225 e. The van der Waals surface area contributed by atoms with Gasteiger partial charge in [-0.1, -0.05) is 30.7 Å². The molecule has 0 heterocycles. The van der Waals surface area contributed by atoms with Crippen LogP contribution >= 0.6 is 0 Å². The van der Waals surface area contributed by atoms with E-state index in [-0.39, 0.29) is 0 Å². The van der Waals surface area contributed by atoms with Crippen LogP contribution in [0.1, 0.15) is 39.5 Å². The lowest BCUT2D eigenvalue weighted by Crippen LogP contribution is -2.28. The predicted octanol–water partition coefficient (Wildman–Crippen LogP) is 3.40. The van der Waals surface area contributed by atoms with E-state index < -0.39 is 0 Å². The number of carbonyl (C=O) groups excluding carboxylic acids is 1. The molecule has 100 valence electrons. The highest BCUT2D eigenvalue weighted by Gasteiger charge is 2.31. The fourth-order valence-corrected chi connectivity index (χ4v) is 2.71. The van der Waals surface area contributed by atoms with Gasteiger partial charge < -0.3 is 4.90 Å². The fraction of sp³-hybridized carbons (Fsp3) is 0.688. The number of amides is 1. The summed E-state index contributed by atoms with van der Waals surface area (Å²) in [5.74, 6) is 1.95. The molecule has 0 aromatic carbocycles. The van der Waals surface area contributed by atoms with Gasteiger partial charge in [-0.25, -0.2) is 0 Å². The predicted molar refractivity (Wildman–Crippen MR) is 75.1 cm³/mol. The normalized spacial score (nSPS) is 28.3. The lowest BCUT2D eigenvalue weighted by Gasteiger charge is -2.24. The standard InChI is InChI=1S/C16H25NO/c1-12-6-7-14(13(2)11-12)5-4-10-17(3)16(18)15-8-9-15/h4-5,11,13-15H,6-10H2,1-3H3/b5-4+. The van der Waals surface area contributed by atoms with Crippen LogP contribution in [0, 0.1) is 17.8 Å². The minimum atomic E-state index is 0.326. The second-order valence-electron chi connectivity index (χ2n) is 6.00. The van der Waals surface area contributed by atoms with Crippen molar-refractivity contribution in [1.29, 1.82) is 0 Å². The molecule has 0 saturated heterocycles. The zero-order chi connectivity index (χ0) is 13.1. The second kappa shape index (κ2) is 5.73. The van der Waals surface area contributed by atoms with Crippen molar-refractivity contribution in [3.8, 4) is 0 Å². The largest absolute Gasteiger partial charge is 0.342 e. The van der Waals surface area contributed by atoms with Crippen molar-refractivity contribution in [2.75, 3.05) is 13.6 Å². The Morgan fingerprint density at radius 1 is 1.44 bits per heavy atom. The van der Waals surface area contributed by atoms with E-state index in [1.807, 2.05) is 11.9 Å². The lowest BCUT2D eigenvalue weighted by molar-refractivity contribution is -0.130. The monoisotopic (exact) mass is 247 g/mol. The zero-order valence-corrected chi connectivity index (χ0v) is 11.9. The Morgan fingerprint density at radius 2 is 2.17 bits per heavy atom. The Hall–Kier alpha value is -1.05. The van der Waals surface area contributed by atoms with Gasteiger partial charge in [0, 0.05) is 19.5 Å².